The monoisotopic (exact) mass is 427 g/mol. The molecule has 0 unspecified atom stereocenters. The lowest BCUT2D eigenvalue weighted by Gasteiger charge is -2.31. The molecule has 1 amide bonds. The minimum Gasteiger partial charge on any atom is -0.357 e. The summed E-state index contributed by atoms with van der Waals surface area (Å²) >= 11 is 1.71. The Morgan fingerprint density at radius 1 is 1.20 bits per heavy atom. The first-order valence-electron chi connectivity index (χ1n) is 10.9. The second-order valence-electron chi connectivity index (χ2n) is 7.64. The smallest absolute Gasteiger partial charge is 0.244 e. The Kier molecular flexibility index (Phi) is 8.68. The van der Waals surface area contributed by atoms with E-state index >= 15 is 0 Å². The van der Waals surface area contributed by atoms with Gasteiger partial charge in [-0.05, 0) is 44.1 Å². The zero-order valence-electron chi connectivity index (χ0n) is 18.1. The number of amides is 1. The van der Waals surface area contributed by atoms with Gasteiger partial charge in [0.15, 0.2) is 5.96 Å². The van der Waals surface area contributed by atoms with E-state index < -0.39 is 0 Å². The van der Waals surface area contributed by atoms with Crippen LogP contribution < -0.4 is 10.6 Å². The Morgan fingerprint density at radius 2 is 1.97 bits per heavy atom. The molecule has 7 heteroatoms. The first-order chi connectivity index (χ1) is 14.7. The van der Waals surface area contributed by atoms with E-state index in [0.717, 1.165) is 50.3 Å². The summed E-state index contributed by atoms with van der Waals surface area (Å²) in [6.45, 7) is 7.36. The summed E-state index contributed by atoms with van der Waals surface area (Å²) < 4.78 is 0. The largest absolute Gasteiger partial charge is 0.357 e. The first kappa shape index (κ1) is 22.3. The molecule has 1 aromatic heterocycles. The summed E-state index contributed by atoms with van der Waals surface area (Å²) in [5.74, 6) is 1.43. The molecule has 0 aliphatic carbocycles. The van der Waals surface area contributed by atoms with E-state index in [9.17, 15) is 4.79 Å². The molecule has 3 rings (SSSR count). The van der Waals surface area contributed by atoms with Crippen molar-refractivity contribution in [2.75, 3.05) is 26.2 Å². The fourth-order valence-corrected chi connectivity index (χ4v) is 4.48. The van der Waals surface area contributed by atoms with E-state index in [0.29, 0.717) is 18.4 Å². The van der Waals surface area contributed by atoms with Crippen molar-refractivity contribution in [1.82, 2.24) is 20.5 Å². The molecule has 0 saturated carbocycles. The molecular weight excluding hydrogens is 394 g/mol. The van der Waals surface area contributed by atoms with Crippen molar-refractivity contribution < 1.29 is 4.79 Å². The number of guanidine groups is 1. The number of piperidine rings is 1. The summed E-state index contributed by atoms with van der Waals surface area (Å²) in [4.78, 5) is 24.8. The van der Waals surface area contributed by atoms with E-state index in [1.54, 1.807) is 11.3 Å². The van der Waals surface area contributed by atoms with Crippen molar-refractivity contribution in [2.24, 2.45) is 10.9 Å². The molecule has 0 radical (unpaired) electrons. The molecule has 0 spiro atoms. The average molecular weight is 428 g/mol. The van der Waals surface area contributed by atoms with Gasteiger partial charge in [-0.1, -0.05) is 37.3 Å². The second kappa shape index (κ2) is 11.7. The molecule has 1 aromatic carbocycles. The first-order valence-corrected chi connectivity index (χ1v) is 11.8. The van der Waals surface area contributed by atoms with Crippen molar-refractivity contribution in [3.63, 3.8) is 0 Å². The van der Waals surface area contributed by atoms with Crippen molar-refractivity contribution in [1.29, 1.82) is 0 Å². The van der Waals surface area contributed by atoms with Crippen LogP contribution in [0.15, 0.2) is 41.5 Å². The maximum absolute atomic E-state index is 12.6. The number of aryl methyl sites for hydroxylation is 1. The Balaban J connectivity index is 1.44. The topological polar surface area (TPSA) is 69.6 Å². The van der Waals surface area contributed by atoms with Crippen molar-refractivity contribution in [3.8, 4) is 0 Å². The third-order valence-corrected chi connectivity index (χ3v) is 6.55. The van der Waals surface area contributed by atoms with E-state index in [4.69, 9.17) is 0 Å². The van der Waals surface area contributed by atoms with Gasteiger partial charge >= 0.3 is 0 Å². The Bertz CT molecular complexity index is 812. The average Bonchev–Trinajstić information content (AvgIpc) is 3.25. The Labute approximate surface area is 183 Å². The second-order valence-corrected chi connectivity index (χ2v) is 8.84. The third kappa shape index (κ3) is 6.83. The minimum absolute atomic E-state index is 0.105. The number of benzene rings is 1. The van der Waals surface area contributed by atoms with Crippen LogP contribution in [-0.4, -0.2) is 47.9 Å². The lowest BCUT2D eigenvalue weighted by atomic mass is 9.90. The van der Waals surface area contributed by atoms with Gasteiger partial charge in [-0.25, -0.2) is 9.98 Å². The fraction of sp³-hybridized carbons (Fsp3) is 0.522. The Morgan fingerprint density at radius 3 is 2.63 bits per heavy atom. The highest BCUT2D eigenvalue weighted by atomic mass is 32.1. The molecule has 0 atom stereocenters. The predicted molar refractivity (Wildman–Crippen MR) is 124 cm³/mol. The van der Waals surface area contributed by atoms with Gasteiger partial charge in [-0.2, -0.15) is 0 Å². The quantitative estimate of drug-likeness (QED) is 0.501. The molecule has 1 aliphatic heterocycles. The molecule has 30 heavy (non-hydrogen) atoms. The van der Waals surface area contributed by atoms with Gasteiger partial charge in [0.05, 0.1) is 6.54 Å². The molecule has 6 nitrogen and oxygen atoms in total. The molecule has 2 heterocycles. The number of hydrogen-bond donors (Lipinski definition) is 2. The summed E-state index contributed by atoms with van der Waals surface area (Å²) in [5, 5.41) is 7.53. The van der Waals surface area contributed by atoms with Gasteiger partial charge < -0.3 is 15.5 Å². The van der Waals surface area contributed by atoms with E-state index in [2.05, 4.69) is 57.9 Å². The van der Waals surface area contributed by atoms with Crippen molar-refractivity contribution in [2.45, 2.75) is 46.1 Å². The molecule has 1 aliphatic rings. The zero-order valence-corrected chi connectivity index (χ0v) is 18.9. The van der Waals surface area contributed by atoms with E-state index in [-0.39, 0.29) is 12.5 Å². The molecule has 0 bridgehead atoms. The highest BCUT2D eigenvalue weighted by Gasteiger charge is 2.22. The maximum Gasteiger partial charge on any atom is 0.244 e. The van der Waals surface area contributed by atoms with Gasteiger partial charge in [0.1, 0.15) is 11.6 Å². The number of nitrogens with one attached hydrogen (secondary N) is 2. The maximum atomic E-state index is 12.6. The third-order valence-electron chi connectivity index (χ3n) is 5.41. The highest BCUT2D eigenvalue weighted by molar-refractivity contribution is 7.11. The van der Waals surface area contributed by atoms with Gasteiger partial charge in [-0.3, -0.25) is 4.79 Å². The number of aliphatic imine (C=N–C) groups is 1. The molecule has 1 fully saturated rings. The number of carbonyl (C=O) groups excluding carboxylic acids is 1. The normalized spacial score (nSPS) is 15.3. The van der Waals surface area contributed by atoms with Gasteiger partial charge in [0.25, 0.3) is 0 Å². The molecule has 162 valence electrons. The lowest BCUT2D eigenvalue weighted by molar-refractivity contribution is -0.130. The molecule has 1 saturated heterocycles. The van der Waals surface area contributed by atoms with Crippen LogP contribution in [0.2, 0.25) is 0 Å². The van der Waals surface area contributed by atoms with Gasteiger partial charge in [0.2, 0.25) is 5.91 Å². The SMILES string of the molecule is CCNC(=NCC(=O)N1CCC(Cc2ccccc2)CC1)NCc1ncc(CC)s1. The molecule has 2 aromatic rings. The van der Waals surface area contributed by atoms with E-state index in [1.807, 2.05) is 18.0 Å². The Hall–Kier alpha value is -2.41. The summed E-state index contributed by atoms with van der Waals surface area (Å²) in [5.41, 5.74) is 1.39. The fourth-order valence-electron chi connectivity index (χ4n) is 3.67. The van der Waals surface area contributed by atoms with E-state index in [1.165, 1.54) is 10.4 Å². The molecular formula is C23H33N5OS. The van der Waals surface area contributed by atoms with Crippen molar-refractivity contribution >= 4 is 23.2 Å². The van der Waals surface area contributed by atoms with Crippen LogP contribution in [0.25, 0.3) is 0 Å². The number of aromatic nitrogens is 1. The number of carbonyl (C=O) groups is 1. The summed E-state index contributed by atoms with van der Waals surface area (Å²) in [6.07, 6.45) is 6.16. The number of hydrogen-bond acceptors (Lipinski definition) is 4. The van der Waals surface area contributed by atoms with Crippen LogP contribution in [0.5, 0.6) is 0 Å². The molecule has 2 N–H and O–H groups in total. The van der Waals surface area contributed by atoms with Crippen LogP contribution in [0.4, 0.5) is 0 Å². The number of thiazole rings is 1. The van der Waals surface area contributed by atoms with Crippen LogP contribution >= 0.6 is 11.3 Å². The van der Waals surface area contributed by atoms with Crippen LogP contribution in [0.3, 0.4) is 0 Å². The minimum atomic E-state index is 0.105. The lowest BCUT2D eigenvalue weighted by Crippen LogP contribution is -2.41. The van der Waals surface area contributed by atoms with Crippen LogP contribution in [-0.2, 0) is 24.2 Å². The number of likely N-dealkylation sites (tertiary alicyclic amines) is 1. The van der Waals surface area contributed by atoms with Crippen LogP contribution in [0, 0.1) is 5.92 Å². The van der Waals surface area contributed by atoms with Gasteiger partial charge in [-0.15, -0.1) is 11.3 Å². The van der Waals surface area contributed by atoms with Crippen molar-refractivity contribution in [3.05, 3.63) is 52.0 Å². The number of nitrogens with zero attached hydrogens (tertiary/aromatic N) is 3. The predicted octanol–water partition coefficient (Wildman–Crippen LogP) is 3.24. The highest BCUT2D eigenvalue weighted by Crippen LogP contribution is 2.21. The summed E-state index contributed by atoms with van der Waals surface area (Å²) in [6, 6.07) is 10.6. The zero-order chi connectivity index (χ0) is 21.2. The van der Waals surface area contributed by atoms with Crippen LogP contribution in [0.1, 0.15) is 42.1 Å². The van der Waals surface area contributed by atoms with Gasteiger partial charge in [0, 0.05) is 30.7 Å². The summed E-state index contributed by atoms with van der Waals surface area (Å²) in [7, 11) is 0. The standard InChI is InChI=1S/C23H33N5OS/c1-3-20-15-25-21(30-20)16-26-23(24-4-2)27-17-22(29)28-12-10-19(11-13-28)14-18-8-6-5-7-9-18/h5-9,15,19H,3-4,10-14,16-17H2,1-2H3,(H2,24,26,27). The number of rotatable bonds is 8.